The van der Waals surface area contributed by atoms with Gasteiger partial charge in [0.05, 0.1) is 23.3 Å². The Morgan fingerprint density at radius 1 is 0.800 bits per heavy atom. The van der Waals surface area contributed by atoms with Crippen LogP contribution in [0.4, 0.5) is 23.3 Å². The van der Waals surface area contributed by atoms with Gasteiger partial charge in [-0.1, -0.05) is 6.07 Å². The normalized spacial score (nSPS) is 10.3. The molecule has 0 aliphatic heterocycles. The summed E-state index contributed by atoms with van der Waals surface area (Å²) in [6, 6.07) is 19.0. The van der Waals surface area contributed by atoms with Crippen molar-refractivity contribution in [1.82, 2.24) is 15.0 Å². The molecule has 0 atom stereocenters. The second-order valence-corrected chi connectivity index (χ2v) is 6.81. The molecule has 7 heteroatoms. The van der Waals surface area contributed by atoms with Gasteiger partial charge in [-0.25, -0.2) is 9.97 Å². The van der Waals surface area contributed by atoms with E-state index in [9.17, 15) is 0 Å². The smallest absolute Gasteiger partial charge is 0.232 e. The first kappa shape index (κ1) is 18.9. The Balaban J connectivity index is 1.63. The molecular weight excluding hydrogens is 374 g/mol. The summed E-state index contributed by atoms with van der Waals surface area (Å²) in [7, 11) is 0. The monoisotopic (exact) mass is 391 g/mol. The van der Waals surface area contributed by atoms with Crippen LogP contribution in [-0.2, 0) is 0 Å². The van der Waals surface area contributed by atoms with Crippen molar-refractivity contribution < 1.29 is 0 Å². The largest absolute Gasteiger partial charge is 0.324 e. The number of hydrogen-bond acceptors (Lipinski definition) is 7. The number of hydrogen-bond donors (Lipinski definition) is 2. The summed E-state index contributed by atoms with van der Waals surface area (Å²) in [5.74, 6) is 0.812. The van der Waals surface area contributed by atoms with E-state index in [2.05, 4.69) is 37.7 Å². The molecule has 1 heterocycles. The zero-order chi connectivity index (χ0) is 21.1. The molecule has 144 valence electrons. The molecule has 30 heavy (non-hydrogen) atoms. The molecule has 0 fully saturated rings. The van der Waals surface area contributed by atoms with Gasteiger partial charge < -0.3 is 10.6 Å². The van der Waals surface area contributed by atoms with E-state index in [4.69, 9.17) is 10.5 Å². The van der Waals surface area contributed by atoms with Gasteiger partial charge in [0.1, 0.15) is 6.33 Å². The van der Waals surface area contributed by atoms with Crippen LogP contribution in [0.25, 0.3) is 10.8 Å². The number of anilines is 4. The van der Waals surface area contributed by atoms with Crippen LogP contribution in [0.5, 0.6) is 0 Å². The van der Waals surface area contributed by atoms with Crippen LogP contribution in [0.3, 0.4) is 0 Å². The summed E-state index contributed by atoms with van der Waals surface area (Å²) in [5, 5.41) is 26.5. The molecule has 0 saturated carbocycles. The van der Waals surface area contributed by atoms with Crippen molar-refractivity contribution in [2.24, 2.45) is 0 Å². The molecule has 0 unspecified atom stereocenters. The Morgan fingerprint density at radius 3 is 2.17 bits per heavy atom. The molecule has 0 aliphatic rings. The molecule has 0 aliphatic carbocycles. The van der Waals surface area contributed by atoms with E-state index in [1.807, 2.05) is 38.1 Å². The summed E-state index contributed by atoms with van der Waals surface area (Å²) in [4.78, 5) is 12.8. The number of nitriles is 2. The lowest BCUT2D eigenvalue weighted by Gasteiger charge is -2.15. The van der Waals surface area contributed by atoms with Crippen LogP contribution >= 0.6 is 0 Å². The fourth-order valence-corrected chi connectivity index (χ4v) is 3.31. The van der Waals surface area contributed by atoms with Crippen LogP contribution < -0.4 is 10.6 Å². The highest BCUT2D eigenvalue weighted by Crippen LogP contribution is 2.31. The zero-order valence-corrected chi connectivity index (χ0v) is 16.4. The predicted molar refractivity (Wildman–Crippen MR) is 116 cm³/mol. The lowest BCUT2D eigenvalue weighted by molar-refractivity contribution is 1.06. The maximum absolute atomic E-state index is 9.14. The number of nitrogens with one attached hydrogen (secondary N) is 2. The molecule has 3 aromatic carbocycles. The summed E-state index contributed by atoms with van der Waals surface area (Å²) in [6.07, 6.45) is 1.44. The van der Waals surface area contributed by atoms with E-state index in [1.54, 1.807) is 24.3 Å². The molecule has 4 aromatic rings. The molecule has 0 saturated heterocycles. The van der Waals surface area contributed by atoms with Gasteiger partial charge in [-0.3, -0.25) is 0 Å². The van der Waals surface area contributed by atoms with E-state index in [0.717, 1.165) is 33.3 Å². The molecule has 1 aromatic heterocycles. The first-order valence-corrected chi connectivity index (χ1v) is 9.24. The molecular formula is C23H17N7. The topological polar surface area (TPSA) is 110 Å². The van der Waals surface area contributed by atoms with Gasteiger partial charge in [-0.05, 0) is 78.2 Å². The third-order valence-electron chi connectivity index (χ3n) is 4.80. The SMILES string of the molecule is Cc1cc2cc(C#N)ccc2c(C)c1Nc1ncnc(Nc2ccc(C#N)cc2)n1. The van der Waals surface area contributed by atoms with Gasteiger partial charge in [0.2, 0.25) is 11.9 Å². The molecule has 0 spiro atoms. The number of fused-ring (bicyclic) bond motifs is 1. The summed E-state index contributed by atoms with van der Waals surface area (Å²) < 4.78 is 0. The van der Waals surface area contributed by atoms with E-state index in [-0.39, 0.29) is 0 Å². The van der Waals surface area contributed by atoms with Crippen molar-refractivity contribution in [1.29, 1.82) is 10.5 Å². The van der Waals surface area contributed by atoms with Gasteiger partial charge in [-0.15, -0.1) is 0 Å². The maximum atomic E-state index is 9.14. The zero-order valence-electron chi connectivity index (χ0n) is 16.4. The minimum absolute atomic E-state index is 0.395. The minimum atomic E-state index is 0.395. The van der Waals surface area contributed by atoms with Crippen molar-refractivity contribution in [3.63, 3.8) is 0 Å². The van der Waals surface area contributed by atoms with Crippen LogP contribution in [-0.4, -0.2) is 15.0 Å². The number of rotatable bonds is 4. The number of nitrogens with zero attached hydrogens (tertiary/aromatic N) is 5. The van der Waals surface area contributed by atoms with Crippen molar-refractivity contribution >= 4 is 34.0 Å². The molecule has 7 nitrogen and oxygen atoms in total. The van der Waals surface area contributed by atoms with Gasteiger partial charge in [0, 0.05) is 11.4 Å². The minimum Gasteiger partial charge on any atom is -0.324 e. The first-order valence-electron chi connectivity index (χ1n) is 9.24. The summed E-state index contributed by atoms with van der Waals surface area (Å²) in [5.41, 5.74) is 4.99. The average molecular weight is 391 g/mol. The third-order valence-corrected chi connectivity index (χ3v) is 4.80. The average Bonchev–Trinajstić information content (AvgIpc) is 2.77. The van der Waals surface area contributed by atoms with Crippen LogP contribution in [0.15, 0.2) is 54.9 Å². The quantitative estimate of drug-likeness (QED) is 0.510. The second-order valence-electron chi connectivity index (χ2n) is 6.81. The van der Waals surface area contributed by atoms with E-state index in [1.165, 1.54) is 6.33 Å². The fraction of sp³-hybridized carbons (Fsp3) is 0.0870. The van der Waals surface area contributed by atoms with E-state index >= 15 is 0 Å². The lowest BCUT2D eigenvalue weighted by Crippen LogP contribution is -2.05. The van der Waals surface area contributed by atoms with Crippen LogP contribution in [0.2, 0.25) is 0 Å². The molecule has 4 rings (SSSR count). The van der Waals surface area contributed by atoms with Crippen molar-refractivity contribution in [2.45, 2.75) is 13.8 Å². The molecule has 0 bridgehead atoms. The lowest BCUT2D eigenvalue weighted by atomic mass is 9.98. The van der Waals surface area contributed by atoms with E-state index in [0.29, 0.717) is 23.0 Å². The van der Waals surface area contributed by atoms with Crippen LogP contribution in [0, 0.1) is 36.5 Å². The highest BCUT2D eigenvalue weighted by molar-refractivity contribution is 5.93. The Labute approximate surface area is 173 Å². The Kier molecular flexibility index (Phi) is 4.94. The molecule has 2 N–H and O–H groups in total. The number of benzene rings is 3. The van der Waals surface area contributed by atoms with Gasteiger partial charge >= 0.3 is 0 Å². The Bertz CT molecular complexity index is 1330. The highest BCUT2D eigenvalue weighted by Gasteiger charge is 2.11. The Morgan fingerprint density at radius 2 is 1.47 bits per heavy atom. The molecule has 0 amide bonds. The highest BCUT2D eigenvalue weighted by atomic mass is 15.2. The fourth-order valence-electron chi connectivity index (χ4n) is 3.31. The molecule has 0 radical (unpaired) electrons. The summed E-state index contributed by atoms with van der Waals surface area (Å²) >= 11 is 0. The van der Waals surface area contributed by atoms with Crippen molar-refractivity contribution in [3.05, 3.63) is 77.1 Å². The summed E-state index contributed by atoms with van der Waals surface area (Å²) in [6.45, 7) is 4.03. The van der Waals surface area contributed by atoms with E-state index < -0.39 is 0 Å². The predicted octanol–water partition coefficient (Wildman–Crippen LogP) is 4.87. The Hall–Kier alpha value is -4.49. The van der Waals surface area contributed by atoms with Crippen molar-refractivity contribution in [2.75, 3.05) is 10.6 Å². The van der Waals surface area contributed by atoms with Crippen molar-refractivity contribution in [3.8, 4) is 12.1 Å². The standard InChI is InChI=1S/C23H17N7/c1-14-9-18-10-17(12-25)5-8-20(18)15(2)21(14)29-23-27-13-26-22(30-23)28-19-6-3-16(11-24)4-7-19/h3-10,13H,1-2H3,(H2,26,27,28,29,30). The first-order chi connectivity index (χ1) is 14.6. The van der Waals surface area contributed by atoms with Gasteiger partial charge in [0.15, 0.2) is 0 Å². The van der Waals surface area contributed by atoms with Gasteiger partial charge in [0.25, 0.3) is 0 Å². The second kappa shape index (κ2) is 7.86. The number of aryl methyl sites for hydroxylation is 2. The van der Waals surface area contributed by atoms with Crippen LogP contribution in [0.1, 0.15) is 22.3 Å². The number of aromatic nitrogens is 3. The van der Waals surface area contributed by atoms with Gasteiger partial charge in [-0.2, -0.15) is 15.5 Å². The maximum Gasteiger partial charge on any atom is 0.232 e. The third kappa shape index (κ3) is 3.73.